The van der Waals surface area contributed by atoms with Gasteiger partial charge in [-0.3, -0.25) is 4.57 Å². The highest BCUT2D eigenvalue weighted by Crippen LogP contribution is 2.31. The van der Waals surface area contributed by atoms with E-state index in [1.165, 1.54) is 4.57 Å². The second kappa shape index (κ2) is 5.43. The molecule has 7 nitrogen and oxygen atoms in total. The van der Waals surface area contributed by atoms with Crippen LogP contribution in [-0.2, 0) is 6.54 Å². The van der Waals surface area contributed by atoms with E-state index in [0.717, 1.165) is 6.20 Å². The lowest BCUT2D eigenvalue weighted by molar-refractivity contribution is -0.389. The van der Waals surface area contributed by atoms with Crippen LogP contribution in [0.1, 0.15) is 12.8 Å². The van der Waals surface area contributed by atoms with Crippen LogP contribution in [-0.4, -0.2) is 49.5 Å². The Morgan fingerprint density at radius 3 is 2.48 bits per heavy atom. The molecule has 1 N–H and O–H groups in total. The van der Waals surface area contributed by atoms with Crippen LogP contribution >= 0.6 is 11.6 Å². The molecule has 11 heteroatoms. The SMILES string of the molecule is O=[N+]([O-])c1cn(CC2(O)CCN(C(F)(F)F)CC2)c(Cl)n1. The van der Waals surface area contributed by atoms with Crippen molar-refractivity contribution >= 4 is 17.4 Å². The van der Waals surface area contributed by atoms with Crippen molar-refractivity contribution in [2.45, 2.75) is 31.3 Å². The van der Waals surface area contributed by atoms with Gasteiger partial charge in [-0.2, -0.15) is 13.2 Å². The van der Waals surface area contributed by atoms with Crippen LogP contribution in [0.3, 0.4) is 0 Å². The van der Waals surface area contributed by atoms with Gasteiger partial charge in [0, 0.05) is 13.1 Å². The summed E-state index contributed by atoms with van der Waals surface area (Å²) in [6.45, 7) is -0.818. The number of nitro groups is 1. The maximum Gasteiger partial charge on any atom is 0.459 e. The van der Waals surface area contributed by atoms with Crippen LogP contribution < -0.4 is 0 Å². The number of alkyl halides is 3. The van der Waals surface area contributed by atoms with Gasteiger partial charge in [-0.05, 0) is 34.3 Å². The molecule has 1 aromatic heterocycles. The number of hydrogen-bond donors (Lipinski definition) is 1. The van der Waals surface area contributed by atoms with Crippen LogP contribution in [0.2, 0.25) is 5.28 Å². The van der Waals surface area contributed by atoms with Crippen molar-refractivity contribution in [3.63, 3.8) is 0 Å². The largest absolute Gasteiger partial charge is 0.459 e. The Morgan fingerprint density at radius 2 is 2.05 bits per heavy atom. The number of hydrogen-bond acceptors (Lipinski definition) is 5. The van der Waals surface area contributed by atoms with Crippen molar-refractivity contribution in [2.24, 2.45) is 0 Å². The molecule has 1 saturated heterocycles. The molecular formula is C10H12ClF3N4O3. The minimum atomic E-state index is -4.42. The van der Waals surface area contributed by atoms with E-state index in [2.05, 4.69) is 4.98 Å². The van der Waals surface area contributed by atoms with Crippen molar-refractivity contribution in [3.05, 3.63) is 21.6 Å². The number of aliphatic hydroxyl groups is 1. The van der Waals surface area contributed by atoms with E-state index in [4.69, 9.17) is 11.6 Å². The zero-order valence-electron chi connectivity index (χ0n) is 10.7. The normalized spacial score (nSPS) is 19.7. The lowest BCUT2D eigenvalue weighted by Gasteiger charge is -2.38. The monoisotopic (exact) mass is 328 g/mol. The molecule has 0 bridgehead atoms. The number of imidazole rings is 1. The zero-order chi connectivity index (χ0) is 15.8. The predicted octanol–water partition coefficient (Wildman–Crippen LogP) is 1.79. The van der Waals surface area contributed by atoms with E-state index < -0.39 is 22.6 Å². The fourth-order valence-electron chi connectivity index (χ4n) is 2.23. The first-order chi connectivity index (χ1) is 9.61. The van der Waals surface area contributed by atoms with Gasteiger partial charge in [0.05, 0.1) is 12.1 Å². The molecule has 118 valence electrons. The topological polar surface area (TPSA) is 84.4 Å². The first kappa shape index (κ1) is 16.0. The van der Waals surface area contributed by atoms with Crippen LogP contribution in [0, 0.1) is 10.1 Å². The van der Waals surface area contributed by atoms with Gasteiger partial charge in [-0.25, -0.2) is 4.90 Å². The molecule has 2 heterocycles. The highest BCUT2D eigenvalue weighted by Gasteiger charge is 2.43. The molecule has 2 rings (SSSR count). The molecule has 0 saturated carbocycles. The average Bonchev–Trinajstić information content (AvgIpc) is 2.70. The smallest absolute Gasteiger partial charge is 0.388 e. The van der Waals surface area contributed by atoms with Gasteiger partial charge in [0.25, 0.3) is 0 Å². The second-order valence-corrected chi connectivity index (χ2v) is 5.27. The summed E-state index contributed by atoms with van der Waals surface area (Å²) in [7, 11) is 0. The van der Waals surface area contributed by atoms with E-state index in [1.807, 2.05) is 0 Å². The highest BCUT2D eigenvalue weighted by molar-refractivity contribution is 6.28. The first-order valence-electron chi connectivity index (χ1n) is 6.02. The summed E-state index contributed by atoms with van der Waals surface area (Å²) in [5.74, 6) is -0.476. The number of nitrogens with zero attached hydrogens (tertiary/aromatic N) is 4. The van der Waals surface area contributed by atoms with Gasteiger partial charge in [0.15, 0.2) is 0 Å². The number of halogens is 4. The minimum absolute atomic E-state index is 0.116. The van der Waals surface area contributed by atoms with Gasteiger partial charge >= 0.3 is 17.4 Å². The van der Waals surface area contributed by atoms with Crippen molar-refractivity contribution in [2.75, 3.05) is 13.1 Å². The number of rotatable bonds is 3. The van der Waals surface area contributed by atoms with E-state index in [-0.39, 0.29) is 37.8 Å². The third-order valence-corrected chi connectivity index (χ3v) is 3.72. The first-order valence-corrected chi connectivity index (χ1v) is 6.40. The number of likely N-dealkylation sites (tertiary alicyclic amines) is 1. The second-order valence-electron chi connectivity index (χ2n) is 4.93. The molecule has 1 fully saturated rings. The van der Waals surface area contributed by atoms with Gasteiger partial charge in [0.1, 0.15) is 6.20 Å². The van der Waals surface area contributed by atoms with Gasteiger partial charge < -0.3 is 15.2 Å². The standard InChI is InChI=1S/C10H12ClF3N4O3/c11-8-15-7(18(20)21)5-16(8)6-9(19)1-3-17(4-2-9)10(12,13)14/h5,19H,1-4,6H2. The summed E-state index contributed by atoms with van der Waals surface area (Å²) in [4.78, 5) is 13.6. The van der Waals surface area contributed by atoms with E-state index in [0.29, 0.717) is 4.90 Å². The van der Waals surface area contributed by atoms with Crippen LogP contribution in [0.5, 0.6) is 0 Å². The molecule has 0 atom stereocenters. The molecule has 0 spiro atoms. The number of piperidine rings is 1. The molecule has 0 radical (unpaired) electrons. The lowest BCUT2D eigenvalue weighted by Crippen LogP contribution is -2.51. The zero-order valence-corrected chi connectivity index (χ0v) is 11.4. The summed E-state index contributed by atoms with van der Waals surface area (Å²) >= 11 is 5.72. The molecule has 0 unspecified atom stereocenters. The third-order valence-electron chi connectivity index (χ3n) is 3.42. The van der Waals surface area contributed by atoms with Gasteiger partial charge in [-0.1, -0.05) is 0 Å². The Morgan fingerprint density at radius 1 is 1.48 bits per heavy atom. The van der Waals surface area contributed by atoms with E-state index in [9.17, 15) is 28.4 Å². The third kappa shape index (κ3) is 3.63. The maximum atomic E-state index is 12.5. The van der Waals surface area contributed by atoms with Crippen LogP contribution in [0.25, 0.3) is 0 Å². The van der Waals surface area contributed by atoms with Gasteiger partial charge in [0.2, 0.25) is 0 Å². The summed E-state index contributed by atoms with van der Waals surface area (Å²) in [5, 5.41) is 20.7. The van der Waals surface area contributed by atoms with Crippen LogP contribution in [0.4, 0.5) is 19.0 Å². The summed E-state index contributed by atoms with van der Waals surface area (Å²) in [6.07, 6.45) is -3.60. The summed E-state index contributed by atoms with van der Waals surface area (Å²) in [5.41, 5.74) is -1.40. The molecule has 1 aliphatic rings. The average molecular weight is 329 g/mol. The maximum absolute atomic E-state index is 12.5. The van der Waals surface area contributed by atoms with Crippen molar-refractivity contribution in [1.82, 2.24) is 14.5 Å². The predicted molar refractivity (Wildman–Crippen MR) is 65.7 cm³/mol. The summed E-state index contributed by atoms with van der Waals surface area (Å²) in [6, 6.07) is 0. The lowest BCUT2D eigenvalue weighted by atomic mass is 9.91. The number of aromatic nitrogens is 2. The molecule has 0 aromatic carbocycles. The minimum Gasteiger partial charge on any atom is -0.388 e. The Hall–Kier alpha value is -1.39. The van der Waals surface area contributed by atoms with Crippen molar-refractivity contribution in [1.29, 1.82) is 0 Å². The Kier molecular flexibility index (Phi) is 4.13. The molecule has 1 aromatic rings. The quantitative estimate of drug-likeness (QED) is 0.519. The fraction of sp³-hybridized carbons (Fsp3) is 0.700. The van der Waals surface area contributed by atoms with Crippen LogP contribution in [0.15, 0.2) is 6.20 Å². The molecule has 0 amide bonds. The molecular weight excluding hydrogens is 317 g/mol. The summed E-state index contributed by atoms with van der Waals surface area (Å²) < 4.78 is 38.7. The Balaban J connectivity index is 2.05. The Bertz CT molecular complexity index is 540. The fourth-order valence-corrected chi connectivity index (χ4v) is 2.43. The molecule has 1 aliphatic heterocycles. The Labute approximate surface area is 122 Å². The molecule has 0 aliphatic carbocycles. The van der Waals surface area contributed by atoms with E-state index in [1.54, 1.807) is 0 Å². The van der Waals surface area contributed by atoms with E-state index >= 15 is 0 Å². The van der Waals surface area contributed by atoms with Crippen molar-refractivity contribution < 1.29 is 23.2 Å². The van der Waals surface area contributed by atoms with Gasteiger partial charge in [-0.15, -0.1) is 0 Å². The molecule has 21 heavy (non-hydrogen) atoms. The highest BCUT2D eigenvalue weighted by atomic mass is 35.5. The van der Waals surface area contributed by atoms with Crippen molar-refractivity contribution in [3.8, 4) is 0 Å².